The quantitative estimate of drug-likeness (QED) is 0.606. The molecule has 0 aromatic heterocycles. The summed E-state index contributed by atoms with van der Waals surface area (Å²) in [6.45, 7) is 4.01. The van der Waals surface area contributed by atoms with E-state index in [1.807, 2.05) is 19.9 Å². The first-order chi connectivity index (χ1) is 5.25. The smallest absolute Gasteiger partial charge is 0.0775 e. The molecule has 0 spiro atoms. The lowest BCUT2D eigenvalue weighted by atomic mass is 9.95. The summed E-state index contributed by atoms with van der Waals surface area (Å²) < 4.78 is 0. The van der Waals surface area contributed by atoms with Crippen molar-refractivity contribution in [1.29, 1.82) is 0 Å². The van der Waals surface area contributed by atoms with Gasteiger partial charge in [-0.25, -0.2) is 0 Å². The average molecular weight is 154 g/mol. The molecular weight excluding hydrogens is 136 g/mol. The van der Waals surface area contributed by atoms with Crippen LogP contribution in [0, 0.1) is 5.92 Å². The minimum atomic E-state index is -0.164. The van der Waals surface area contributed by atoms with Crippen LogP contribution in [-0.2, 0) is 0 Å². The first kappa shape index (κ1) is 8.79. The molecule has 0 heterocycles. The van der Waals surface area contributed by atoms with Gasteiger partial charge in [0, 0.05) is 0 Å². The lowest BCUT2D eigenvalue weighted by molar-refractivity contribution is 0.144. The summed E-state index contributed by atoms with van der Waals surface area (Å²) in [5.41, 5.74) is 1.14. The number of rotatable bonds is 2. The van der Waals surface area contributed by atoms with Crippen LogP contribution in [-0.4, -0.2) is 11.2 Å². The molecule has 0 aliphatic heterocycles. The molecule has 0 aromatic rings. The van der Waals surface area contributed by atoms with Crippen LogP contribution in [0.2, 0.25) is 0 Å². The van der Waals surface area contributed by atoms with Crippen LogP contribution < -0.4 is 0 Å². The summed E-state index contributed by atoms with van der Waals surface area (Å²) in [6.07, 6.45) is 6.89. The zero-order valence-corrected chi connectivity index (χ0v) is 7.51. The lowest BCUT2D eigenvalue weighted by Crippen LogP contribution is -2.18. The van der Waals surface area contributed by atoms with Crippen LogP contribution in [0.15, 0.2) is 11.6 Å². The number of allylic oxidation sites excluding steroid dienone is 1. The Hall–Kier alpha value is -0.300. The summed E-state index contributed by atoms with van der Waals surface area (Å²) >= 11 is 0. The van der Waals surface area contributed by atoms with Crippen molar-refractivity contribution in [3.8, 4) is 0 Å². The highest BCUT2D eigenvalue weighted by Crippen LogP contribution is 2.30. The molecule has 0 bridgehead atoms. The second-order valence-electron chi connectivity index (χ2n) is 3.52. The highest BCUT2D eigenvalue weighted by molar-refractivity contribution is 5.05. The Balaban J connectivity index is 2.45. The topological polar surface area (TPSA) is 20.2 Å². The molecule has 0 amide bonds. The molecule has 0 radical (unpaired) electrons. The van der Waals surface area contributed by atoms with Gasteiger partial charge in [0.1, 0.15) is 0 Å². The molecule has 0 aromatic carbocycles. The Kier molecular flexibility index (Phi) is 3.13. The number of hydrogen-bond donors (Lipinski definition) is 1. The van der Waals surface area contributed by atoms with Gasteiger partial charge in [0.15, 0.2) is 0 Å². The minimum absolute atomic E-state index is 0.164. The Labute approximate surface area is 69.1 Å². The van der Waals surface area contributed by atoms with Crippen LogP contribution in [0.4, 0.5) is 0 Å². The molecule has 1 atom stereocenters. The average Bonchev–Trinajstić information content (AvgIpc) is 2.53. The molecule has 1 saturated carbocycles. The minimum Gasteiger partial charge on any atom is -0.388 e. The zero-order valence-electron chi connectivity index (χ0n) is 7.51. The Morgan fingerprint density at radius 2 is 2.00 bits per heavy atom. The third-order valence-electron chi connectivity index (χ3n) is 2.77. The monoisotopic (exact) mass is 154 g/mol. The van der Waals surface area contributed by atoms with Crippen molar-refractivity contribution in [3.05, 3.63) is 11.6 Å². The number of aliphatic hydroxyl groups is 1. The van der Waals surface area contributed by atoms with Crippen LogP contribution >= 0.6 is 0 Å². The van der Waals surface area contributed by atoms with Gasteiger partial charge in [-0.05, 0) is 38.2 Å². The van der Waals surface area contributed by atoms with E-state index in [0.29, 0.717) is 5.92 Å². The predicted molar refractivity (Wildman–Crippen MR) is 47.4 cm³/mol. The molecule has 1 fully saturated rings. The van der Waals surface area contributed by atoms with E-state index in [9.17, 15) is 5.11 Å². The molecule has 1 unspecified atom stereocenters. The molecule has 1 aliphatic carbocycles. The standard InChI is InChI=1S/C10H18O/c1-3-8(2)10(11)9-6-4-5-7-9/h3,9-11H,4-7H2,1-2H3/b8-3+. The van der Waals surface area contributed by atoms with Gasteiger partial charge >= 0.3 is 0 Å². The highest BCUT2D eigenvalue weighted by atomic mass is 16.3. The van der Waals surface area contributed by atoms with Gasteiger partial charge in [-0.1, -0.05) is 18.9 Å². The maximum absolute atomic E-state index is 9.75. The summed E-state index contributed by atoms with van der Waals surface area (Å²) in [6, 6.07) is 0. The van der Waals surface area contributed by atoms with E-state index >= 15 is 0 Å². The van der Waals surface area contributed by atoms with Crippen molar-refractivity contribution >= 4 is 0 Å². The van der Waals surface area contributed by atoms with E-state index in [1.54, 1.807) is 0 Å². The fourth-order valence-electron chi connectivity index (χ4n) is 1.82. The van der Waals surface area contributed by atoms with Crippen LogP contribution in [0.5, 0.6) is 0 Å². The van der Waals surface area contributed by atoms with Gasteiger partial charge in [-0.2, -0.15) is 0 Å². The number of hydrogen-bond acceptors (Lipinski definition) is 1. The van der Waals surface area contributed by atoms with Crippen LogP contribution in [0.3, 0.4) is 0 Å². The van der Waals surface area contributed by atoms with Gasteiger partial charge < -0.3 is 5.11 Å². The first-order valence-electron chi connectivity index (χ1n) is 4.56. The van der Waals surface area contributed by atoms with E-state index < -0.39 is 0 Å². The maximum Gasteiger partial charge on any atom is 0.0775 e. The molecule has 0 saturated heterocycles. The van der Waals surface area contributed by atoms with E-state index in [0.717, 1.165) is 5.57 Å². The summed E-state index contributed by atoms with van der Waals surface area (Å²) in [5.74, 6) is 0.547. The molecule has 1 rings (SSSR count). The normalized spacial score (nSPS) is 24.1. The van der Waals surface area contributed by atoms with E-state index in [1.165, 1.54) is 25.7 Å². The van der Waals surface area contributed by atoms with Crippen LogP contribution in [0.25, 0.3) is 0 Å². The summed E-state index contributed by atoms with van der Waals surface area (Å²) in [5, 5.41) is 9.75. The zero-order chi connectivity index (χ0) is 8.27. The first-order valence-corrected chi connectivity index (χ1v) is 4.56. The lowest BCUT2D eigenvalue weighted by Gasteiger charge is -2.17. The molecule has 64 valence electrons. The van der Waals surface area contributed by atoms with Gasteiger partial charge in [0.2, 0.25) is 0 Å². The Bertz CT molecular complexity index is 143. The van der Waals surface area contributed by atoms with Gasteiger partial charge in [-0.15, -0.1) is 0 Å². The summed E-state index contributed by atoms with van der Waals surface area (Å²) in [4.78, 5) is 0. The van der Waals surface area contributed by atoms with E-state index in [4.69, 9.17) is 0 Å². The molecule has 1 nitrogen and oxygen atoms in total. The highest BCUT2D eigenvalue weighted by Gasteiger charge is 2.23. The van der Waals surface area contributed by atoms with Gasteiger partial charge in [0.25, 0.3) is 0 Å². The third kappa shape index (κ3) is 2.06. The second kappa shape index (κ2) is 3.91. The predicted octanol–water partition coefficient (Wildman–Crippen LogP) is 2.50. The van der Waals surface area contributed by atoms with Crippen molar-refractivity contribution in [2.24, 2.45) is 5.92 Å². The molecule has 11 heavy (non-hydrogen) atoms. The van der Waals surface area contributed by atoms with Crippen molar-refractivity contribution in [2.75, 3.05) is 0 Å². The van der Waals surface area contributed by atoms with E-state index in [2.05, 4.69) is 0 Å². The molecule has 1 aliphatic rings. The van der Waals surface area contributed by atoms with Crippen molar-refractivity contribution < 1.29 is 5.11 Å². The number of aliphatic hydroxyl groups excluding tert-OH is 1. The van der Waals surface area contributed by atoms with Crippen molar-refractivity contribution in [3.63, 3.8) is 0 Å². The third-order valence-corrected chi connectivity index (χ3v) is 2.77. The maximum atomic E-state index is 9.75. The molecule has 1 heteroatoms. The van der Waals surface area contributed by atoms with Crippen LogP contribution in [0.1, 0.15) is 39.5 Å². The Morgan fingerprint density at radius 3 is 2.45 bits per heavy atom. The molecule has 1 N–H and O–H groups in total. The van der Waals surface area contributed by atoms with Gasteiger partial charge in [-0.3, -0.25) is 0 Å². The summed E-state index contributed by atoms with van der Waals surface area (Å²) in [7, 11) is 0. The second-order valence-corrected chi connectivity index (χ2v) is 3.52. The van der Waals surface area contributed by atoms with E-state index in [-0.39, 0.29) is 6.10 Å². The largest absolute Gasteiger partial charge is 0.388 e. The fraction of sp³-hybridized carbons (Fsp3) is 0.800. The van der Waals surface area contributed by atoms with Crippen molar-refractivity contribution in [1.82, 2.24) is 0 Å². The Morgan fingerprint density at radius 1 is 1.45 bits per heavy atom. The van der Waals surface area contributed by atoms with Gasteiger partial charge in [0.05, 0.1) is 6.10 Å². The fourth-order valence-corrected chi connectivity index (χ4v) is 1.82. The van der Waals surface area contributed by atoms with Crippen molar-refractivity contribution in [2.45, 2.75) is 45.6 Å². The molecular formula is C10H18O. The SMILES string of the molecule is C/C=C(\C)C(O)C1CCCC1.